The number of aromatic nitrogens is 1. The van der Waals surface area contributed by atoms with E-state index in [9.17, 15) is 4.79 Å². The summed E-state index contributed by atoms with van der Waals surface area (Å²) in [5.74, 6) is -0.188. The highest BCUT2D eigenvalue weighted by Crippen LogP contribution is 2.36. The summed E-state index contributed by atoms with van der Waals surface area (Å²) < 4.78 is 5.83. The number of nitrogens with zero attached hydrogens (tertiary/aromatic N) is 1. The summed E-state index contributed by atoms with van der Waals surface area (Å²) in [6, 6.07) is 9.06. The van der Waals surface area contributed by atoms with Crippen molar-refractivity contribution >= 4 is 16.9 Å². The Morgan fingerprint density at radius 1 is 1.27 bits per heavy atom. The van der Waals surface area contributed by atoms with Gasteiger partial charge < -0.3 is 9.72 Å². The first kappa shape index (κ1) is 13.8. The van der Waals surface area contributed by atoms with Crippen LogP contribution in [0.15, 0.2) is 30.5 Å². The van der Waals surface area contributed by atoms with Crippen LogP contribution in [0.5, 0.6) is 0 Å². The predicted octanol–water partition coefficient (Wildman–Crippen LogP) is 3.34. The van der Waals surface area contributed by atoms with Gasteiger partial charge >= 0.3 is 5.97 Å². The van der Waals surface area contributed by atoms with Gasteiger partial charge in [-0.1, -0.05) is 25.1 Å². The highest BCUT2D eigenvalue weighted by molar-refractivity contribution is 6.04. The molecule has 2 aliphatic heterocycles. The fourth-order valence-electron chi connectivity index (χ4n) is 4.29. The Morgan fingerprint density at radius 3 is 2.73 bits per heavy atom. The number of carbonyl (C=O) groups excluding carboxylic acids is 1. The minimum absolute atomic E-state index is 0.0708. The zero-order chi connectivity index (χ0) is 15.1. The highest BCUT2D eigenvalue weighted by Gasteiger charge is 2.41. The molecule has 0 saturated carbocycles. The Balaban J connectivity index is 1.49. The minimum atomic E-state index is -0.188. The van der Waals surface area contributed by atoms with Crippen LogP contribution in [0.25, 0.3) is 10.9 Å². The van der Waals surface area contributed by atoms with Crippen LogP contribution >= 0.6 is 0 Å². The Labute approximate surface area is 130 Å². The maximum Gasteiger partial charge on any atom is 0.340 e. The minimum Gasteiger partial charge on any atom is -0.459 e. The smallest absolute Gasteiger partial charge is 0.340 e. The number of piperidine rings is 1. The van der Waals surface area contributed by atoms with Crippen molar-refractivity contribution < 1.29 is 9.53 Å². The van der Waals surface area contributed by atoms with Crippen molar-refractivity contribution in [3.63, 3.8) is 0 Å². The number of nitrogens with one attached hydrogen (secondary N) is 1. The SMILES string of the molecule is CCN1[C@@H]2CC[C@H]1CC(OC(=O)c1c[nH]c3ccccc13)C2. The van der Waals surface area contributed by atoms with Gasteiger partial charge in [0.2, 0.25) is 0 Å². The molecule has 2 aromatic rings. The molecule has 1 unspecified atom stereocenters. The number of benzene rings is 1. The second-order valence-corrected chi connectivity index (χ2v) is 6.46. The molecule has 0 radical (unpaired) electrons. The molecule has 1 N–H and O–H groups in total. The second-order valence-electron chi connectivity index (χ2n) is 6.46. The summed E-state index contributed by atoms with van der Waals surface area (Å²) in [4.78, 5) is 18.2. The highest BCUT2D eigenvalue weighted by atomic mass is 16.5. The van der Waals surface area contributed by atoms with Crippen molar-refractivity contribution in [3.8, 4) is 0 Å². The molecule has 1 aromatic carbocycles. The molecule has 4 heteroatoms. The first-order valence-corrected chi connectivity index (χ1v) is 8.29. The first-order valence-electron chi connectivity index (χ1n) is 8.29. The lowest BCUT2D eigenvalue weighted by atomic mass is 9.99. The number of aromatic amines is 1. The Hall–Kier alpha value is -1.81. The molecule has 3 atom stereocenters. The lowest BCUT2D eigenvalue weighted by Crippen LogP contribution is -2.45. The third-order valence-electron chi connectivity index (χ3n) is 5.29. The van der Waals surface area contributed by atoms with Crippen LogP contribution in [0, 0.1) is 0 Å². The number of para-hydroxylation sites is 1. The van der Waals surface area contributed by atoms with E-state index in [-0.39, 0.29) is 12.1 Å². The average molecular weight is 298 g/mol. The van der Waals surface area contributed by atoms with Gasteiger partial charge in [-0.2, -0.15) is 0 Å². The largest absolute Gasteiger partial charge is 0.459 e. The fraction of sp³-hybridized carbons (Fsp3) is 0.500. The molecule has 2 aliphatic rings. The molecule has 22 heavy (non-hydrogen) atoms. The molecule has 2 fully saturated rings. The summed E-state index contributed by atoms with van der Waals surface area (Å²) >= 11 is 0. The molecule has 2 saturated heterocycles. The van der Waals surface area contributed by atoms with E-state index in [1.165, 1.54) is 12.8 Å². The number of ether oxygens (including phenoxy) is 1. The van der Waals surface area contributed by atoms with E-state index in [2.05, 4.69) is 16.8 Å². The van der Waals surface area contributed by atoms with E-state index in [1.54, 1.807) is 6.20 Å². The van der Waals surface area contributed by atoms with Crippen LogP contribution < -0.4 is 0 Å². The van der Waals surface area contributed by atoms with Crippen LogP contribution in [-0.4, -0.2) is 40.6 Å². The van der Waals surface area contributed by atoms with Gasteiger partial charge in [0.25, 0.3) is 0 Å². The van der Waals surface area contributed by atoms with Gasteiger partial charge in [0.05, 0.1) is 5.56 Å². The third-order valence-corrected chi connectivity index (χ3v) is 5.29. The van der Waals surface area contributed by atoms with Crippen molar-refractivity contribution in [2.75, 3.05) is 6.54 Å². The van der Waals surface area contributed by atoms with Crippen LogP contribution in [0.2, 0.25) is 0 Å². The topological polar surface area (TPSA) is 45.3 Å². The first-order chi connectivity index (χ1) is 10.8. The predicted molar refractivity (Wildman–Crippen MR) is 85.9 cm³/mol. The lowest BCUT2D eigenvalue weighted by Gasteiger charge is -2.37. The summed E-state index contributed by atoms with van der Waals surface area (Å²) in [5, 5.41) is 0.946. The molecule has 0 aliphatic carbocycles. The number of carbonyl (C=O) groups is 1. The van der Waals surface area contributed by atoms with Gasteiger partial charge in [-0.05, 0) is 25.5 Å². The zero-order valence-electron chi connectivity index (χ0n) is 12.9. The quantitative estimate of drug-likeness (QED) is 0.884. The normalized spacial score (nSPS) is 28.1. The number of rotatable bonds is 3. The molecule has 1 aromatic heterocycles. The van der Waals surface area contributed by atoms with Crippen LogP contribution in [0.3, 0.4) is 0 Å². The maximum absolute atomic E-state index is 12.5. The number of esters is 1. The summed E-state index contributed by atoms with van der Waals surface area (Å²) in [6.07, 6.45) is 6.31. The average Bonchev–Trinajstić information content (AvgIpc) is 3.06. The molecule has 0 spiro atoms. The number of hydrogen-bond donors (Lipinski definition) is 1. The summed E-state index contributed by atoms with van der Waals surface area (Å²) in [7, 11) is 0. The molecule has 4 nitrogen and oxygen atoms in total. The molecular weight excluding hydrogens is 276 g/mol. The Kier molecular flexibility index (Phi) is 3.41. The van der Waals surface area contributed by atoms with Crippen LogP contribution in [-0.2, 0) is 4.74 Å². The van der Waals surface area contributed by atoms with Gasteiger partial charge in [-0.3, -0.25) is 4.90 Å². The molecule has 2 bridgehead atoms. The Bertz CT molecular complexity index is 679. The molecule has 3 heterocycles. The Morgan fingerprint density at radius 2 is 2.00 bits per heavy atom. The van der Waals surface area contributed by atoms with E-state index in [0.717, 1.165) is 30.3 Å². The van der Waals surface area contributed by atoms with Gasteiger partial charge in [0, 0.05) is 42.0 Å². The van der Waals surface area contributed by atoms with E-state index in [0.29, 0.717) is 17.6 Å². The standard InChI is InChI=1S/C18H22N2O2/c1-2-20-12-7-8-13(20)10-14(9-12)22-18(21)16-11-19-17-6-4-3-5-15(16)17/h3-6,11-14,19H,2,7-10H2,1H3/t12-,13+,14?. The van der Waals surface area contributed by atoms with Crippen LogP contribution in [0.1, 0.15) is 43.0 Å². The van der Waals surface area contributed by atoms with E-state index < -0.39 is 0 Å². The molecule has 4 rings (SSSR count). The van der Waals surface area contributed by atoms with Gasteiger partial charge in [-0.25, -0.2) is 4.79 Å². The van der Waals surface area contributed by atoms with E-state index in [4.69, 9.17) is 4.74 Å². The molecular formula is C18H22N2O2. The van der Waals surface area contributed by atoms with Crippen molar-refractivity contribution in [3.05, 3.63) is 36.0 Å². The van der Waals surface area contributed by atoms with Crippen molar-refractivity contribution in [1.82, 2.24) is 9.88 Å². The monoisotopic (exact) mass is 298 g/mol. The van der Waals surface area contributed by atoms with Gasteiger partial charge in [-0.15, -0.1) is 0 Å². The van der Waals surface area contributed by atoms with Crippen molar-refractivity contribution in [2.45, 2.75) is 50.8 Å². The number of fused-ring (bicyclic) bond motifs is 3. The van der Waals surface area contributed by atoms with Gasteiger partial charge in [0.1, 0.15) is 6.10 Å². The summed E-state index contributed by atoms with van der Waals surface area (Å²) in [5.41, 5.74) is 1.64. The third kappa shape index (κ3) is 2.22. The molecule has 116 valence electrons. The van der Waals surface area contributed by atoms with Crippen molar-refractivity contribution in [1.29, 1.82) is 0 Å². The molecule has 0 amide bonds. The lowest BCUT2D eigenvalue weighted by molar-refractivity contribution is -0.00460. The van der Waals surface area contributed by atoms with Gasteiger partial charge in [0.15, 0.2) is 0 Å². The van der Waals surface area contributed by atoms with Crippen LogP contribution in [0.4, 0.5) is 0 Å². The zero-order valence-corrected chi connectivity index (χ0v) is 12.9. The van der Waals surface area contributed by atoms with E-state index >= 15 is 0 Å². The maximum atomic E-state index is 12.5. The fourth-order valence-corrected chi connectivity index (χ4v) is 4.29. The number of hydrogen-bond acceptors (Lipinski definition) is 3. The summed E-state index contributed by atoms with van der Waals surface area (Å²) in [6.45, 7) is 3.34. The number of H-pyrrole nitrogens is 1. The second kappa shape index (κ2) is 5.43. The van der Waals surface area contributed by atoms with Crippen molar-refractivity contribution in [2.24, 2.45) is 0 Å². The van der Waals surface area contributed by atoms with E-state index in [1.807, 2.05) is 24.3 Å².